The van der Waals surface area contributed by atoms with Gasteiger partial charge in [-0.25, -0.2) is 0 Å². The molecule has 98 valence electrons. The van der Waals surface area contributed by atoms with Crippen molar-refractivity contribution in [2.24, 2.45) is 5.73 Å². The summed E-state index contributed by atoms with van der Waals surface area (Å²) in [7, 11) is 0. The smallest absolute Gasteiger partial charge is 0.131 e. The molecule has 2 nitrogen and oxygen atoms in total. The summed E-state index contributed by atoms with van der Waals surface area (Å²) in [5, 5.41) is 0. The van der Waals surface area contributed by atoms with Crippen molar-refractivity contribution in [1.82, 2.24) is 0 Å². The van der Waals surface area contributed by atoms with E-state index in [-0.39, 0.29) is 11.8 Å². The Morgan fingerprint density at radius 1 is 1.00 bits per heavy atom. The second kappa shape index (κ2) is 6.30. The molecule has 0 saturated carbocycles. The number of carbonyl (C=O) groups excluding carboxylic acids is 1. The minimum absolute atomic E-state index is 0.0833. The summed E-state index contributed by atoms with van der Waals surface area (Å²) in [5.74, 6) is 0.147. The Hall–Kier alpha value is -1.93. The topological polar surface area (TPSA) is 43.1 Å². The maximum atomic E-state index is 11.0. The largest absolute Gasteiger partial charge is 0.327 e. The molecule has 0 unspecified atom stereocenters. The van der Waals surface area contributed by atoms with Crippen LogP contribution in [-0.2, 0) is 11.2 Å². The molecule has 1 atom stereocenters. The van der Waals surface area contributed by atoms with Crippen LogP contribution in [-0.4, -0.2) is 11.8 Å². The van der Waals surface area contributed by atoms with Crippen LogP contribution < -0.4 is 5.73 Å². The molecule has 2 aromatic carbocycles. The summed E-state index contributed by atoms with van der Waals surface area (Å²) in [5.41, 5.74) is 9.52. The van der Waals surface area contributed by atoms with Gasteiger partial charge in [-0.15, -0.1) is 0 Å². The van der Waals surface area contributed by atoms with Gasteiger partial charge in [0.05, 0.1) is 0 Å². The number of ketones is 1. The van der Waals surface area contributed by atoms with Crippen molar-refractivity contribution in [1.29, 1.82) is 0 Å². The number of nitrogens with two attached hydrogens (primary N) is 1. The minimum atomic E-state index is -0.0833. The van der Waals surface area contributed by atoms with Crippen LogP contribution in [0.2, 0.25) is 0 Å². The van der Waals surface area contributed by atoms with E-state index in [1.165, 1.54) is 16.7 Å². The second-order valence-electron chi connectivity index (χ2n) is 4.93. The van der Waals surface area contributed by atoms with Gasteiger partial charge in [0.15, 0.2) is 0 Å². The molecule has 0 radical (unpaired) electrons. The first-order valence-electron chi connectivity index (χ1n) is 6.54. The molecule has 0 spiro atoms. The van der Waals surface area contributed by atoms with Crippen molar-refractivity contribution in [3.8, 4) is 11.1 Å². The van der Waals surface area contributed by atoms with Crippen molar-refractivity contribution in [2.45, 2.75) is 25.8 Å². The zero-order valence-electron chi connectivity index (χ0n) is 11.2. The third-order valence-electron chi connectivity index (χ3n) is 3.11. The molecule has 0 aliphatic heterocycles. The fraction of sp³-hybridized carbons (Fsp3) is 0.235. The molecular formula is C17H19NO. The molecule has 2 aromatic rings. The average molecular weight is 253 g/mol. The molecule has 2 heteroatoms. The molecule has 2 rings (SSSR count). The SMILES string of the molecule is CC(=O)C[C@H](N)Cc1ccc(-c2ccccc2)cc1. The monoisotopic (exact) mass is 253 g/mol. The van der Waals surface area contributed by atoms with Crippen LogP contribution in [0, 0.1) is 0 Å². The highest BCUT2D eigenvalue weighted by molar-refractivity contribution is 5.76. The van der Waals surface area contributed by atoms with Gasteiger partial charge in [0.1, 0.15) is 5.78 Å². The molecule has 0 saturated heterocycles. The zero-order chi connectivity index (χ0) is 13.7. The van der Waals surface area contributed by atoms with Gasteiger partial charge < -0.3 is 5.73 Å². The molecule has 0 heterocycles. The van der Waals surface area contributed by atoms with E-state index in [0.717, 1.165) is 6.42 Å². The first-order valence-corrected chi connectivity index (χ1v) is 6.54. The second-order valence-corrected chi connectivity index (χ2v) is 4.93. The van der Waals surface area contributed by atoms with Gasteiger partial charge >= 0.3 is 0 Å². The van der Waals surface area contributed by atoms with Crippen LogP contribution in [0.25, 0.3) is 11.1 Å². The van der Waals surface area contributed by atoms with Crippen LogP contribution in [0.15, 0.2) is 54.6 Å². The maximum absolute atomic E-state index is 11.0. The Labute approximate surface area is 114 Å². The van der Waals surface area contributed by atoms with Crippen LogP contribution in [0.5, 0.6) is 0 Å². The summed E-state index contributed by atoms with van der Waals surface area (Å²) in [6.45, 7) is 1.58. The van der Waals surface area contributed by atoms with Crippen LogP contribution in [0.1, 0.15) is 18.9 Å². The van der Waals surface area contributed by atoms with Crippen LogP contribution in [0.4, 0.5) is 0 Å². The predicted molar refractivity (Wildman–Crippen MR) is 78.9 cm³/mol. The van der Waals surface area contributed by atoms with E-state index in [4.69, 9.17) is 5.73 Å². The highest BCUT2D eigenvalue weighted by Crippen LogP contribution is 2.19. The van der Waals surface area contributed by atoms with Gasteiger partial charge in [-0.1, -0.05) is 54.6 Å². The zero-order valence-corrected chi connectivity index (χ0v) is 11.2. The fourth-order valence-corrected chi connectivity index (χ4v) is 2.21. The lowest BCUT2D eigenvalue weighted by atomic mass is 9.99. The maximum Gasteiger partial charge on any atom is 0.131 e. The molecule has 0 fully saturated rings. The van der Waals surface area contributed by atoms with Gasteiger partial charge in [-0.05, 0) is 30.0 Å². The lowest BCUT2D eigenvalue weighted by Gasteiger charge is -2.10. The molecular weight excluding hydrogens is 234 g/mol. The predicted octanol–water partition coefficient (Wildman–Crippen LogP) is 3.20. The summed E-state index contributed by atoms with van der Waals surface area (Å²) in [6, 6.07) is 18.6. The molecule has 0 bridgehead atoms. The quantitative estimate of drug-likeness (QED) is 0.889. The van der Waals surface area contributed by atoms with Gasteiger partial charge in [0.2, 0.25) is 0 Å². The first-order chi connectivity index (χ1) is 9.15. The number of benzene rings is 2. The lowest BCUT2D eigenvalue weighted by molar-refractivity contribution is -0.117. The summed E-state index contributed by atoms with van der Waals surface area (Å²) < 4.78 is 0. The third-order valence-corrected chi connectivity index (χ3v) is 3.11. The molecule has 2 N–H and O–H groups in total. The summed E-state index contributed by atoms with van der Waals surface area (Å²) >= 11 is 0. The summed E-state index contributed by atoms with van der Waals surface area (Å²) in [6.07, 6.45) is 1.19. The Bertz CT molecular complexity index is 531. The third kappa shape index (κ3) is 4.04. The van der Waals surface area contributed by atoms with Gasteiger partial charge in [0.25, 0.3) is 0 Å². The standard InChI is InChI=1S/C17H19NO/c1-13(19)11-17(18)12-14-7-9-16(10-8-14)15-5-3-2-4-6-15/h2-10,17H,11-12,18H2,1H3/t17-/m0/s1. The average Bonchev–Trinajstić information content (AvgIpc) is 2.39. The number of carbonyl (C=O) groups is 1. The summed E-state index contributed by atoms with van der Waals surface area (Å²) in [4.78, 5) is 11.0. The van der Waals surface area contributed by atoms with E-state index in [1.807, 2.05) is 18.2 Å². The first kappa shape index (κ1) is 13.5. The number of rotatable bonds is 5. The van der Waals surface area contributed by atoms with Crippen molar-refractivity contribution >= 4 is 5.78 Å². The van der Waals surface area contributed by atoms with E-state index >= 15 is 0 Å². The van der Waals surface area contributed by atoms with E-state index in [0.29, 0.717) is 6.42 Å². The van der Waals surface area contributed by atoms with Crippen molar-refractivity contribution in [3.05, 3.63) is 60.2 Å². The lowest BCUT2D eigenvalue weighted by Crippen LogP contribution is -2.25. The number of Topliss-reactive ketones (excluding diaryl/α,β-unsaturated/α-hetero) is 1. The molecule has 0 aliphatic carbocycles. The van der Waals surface area contributed by atoms with Gasteiger partial charge in [-0.3, -0.25) is 4.79 Å². The van der Waals surface area contributed by atoms with Gasteiger partial charge in [-0.2, -0.15) is 0 Å². The molecule has 0 aliphatic rings. The van der Waals surface area contributed by atoms with Crippen molar-refractivity contribution in [2.75, 3.05) is 0 Å². The molecule has 19 heavy (non-hydrogen) atoms. The van der Waals surface area contributed by atoms with Crippen LogP contribution >= 0.6 is 0 Å². The minimum Gasteiger partial charge on any atom is -0.327 e. The molecule has 0 amide bonds. The van der Waals surface area contributed by atoms with E-state index in [1.54, 1.807) is 6.92 Å². The normalized spacial score (nSPS) is 12.1. The van der Waals surface area contributed by atoms with Gasteiger partial charge in [0, 0.05) is 12.5 Å². The van der Waals surface area contributed by atoms with Crippen LogP contribution in [0.3, 0.4) is 0 Å². The number of hydrogen-bond acceptors (Lipinski definition) is 2. The Balaban J connectivity index is 2.05. The van der Waals surface area contributed by atoms with E-state index < -0.39 is 0 Å². The Kier molecular flexibility index (Phi) is 4.48. The number of hydrogen-bond donors (Lipinski definition) is 1. The molecule has 0 aromatic heterocycles. The fourth-order valence-electron chi connectivity index (χ4n) is 2.21. The van der Waals surface area contributed by atoms with Crippen molar-refractivity contribution in [3.63, 3.8) is 0 Å². The van der Waals surface area contributed by atoms with E-state index in [2.05, 4.69) is 36.4 Å². The Morgan fingerprint density at radius 2 is 1.58 bits per heavy atom. The van der Waals surface area contributed by atoms with Crippen molar-refractivity contribution < 1.29 is 4.79 Å². The van der Waals surface area contributed by atoms with E-state index in [9.17, 15) is 4.79 Å². The highest BCUT2D eigenvalue weighted by atomic mass is 16.1. The Morgan fingerprint density at radius 3 is 2.16 bits per heavy atom. The highest BCUT2D eigenvalue weighted by Gasteiger charge is 2.07.